The lowest BCUT2D eigenvalue weighted by molar-refractivity contribution is -0.118. The van der Waals surface area contributed by atoms with Gasteiger partial charge in [0.05, 0.1) is 23.4 Å². The third-order valence-electron chi connectivity index (χ3n) is 4.44. The molecule has 1 amide bonds. The maximum absolute atomic E-state index is 11.6. The molecule has 27 heavy (non-hydrogen) atoms. The number of hydrogen-bond acceptors (Lipinski definition) is 4. The molecule has 4 N–H and O–H groups in total. The highest BCUT2D eigenvalue weighted by atomic mass is 35.5. The number of aliphatic imine (C=N–C) groups is 1. The lowest BCUT2D eigenvalue weighted by atomic mass is 9.93. The molecule has 1 atom stereocenters. The zero-order chi connectivity index (χ0) is 18.3. The average Bonchev–Trinajstić information content (AvgIpc) is 2.94. The zero-order valence-corrected chi connectivity index (χ0v) is 15.3. The Kier molecular flexibility index (Phi) is 5.12. The van der Waals surface area contributed by atoms with E-state index in [9.17, 15) is 4.79 Å². The van der Waals surface area contributed by atoms with Gasteiger partial charge in [0.25, 0.3) is 0 Å². The topological polar surface area (TPSA) is 113 Å². The molecule has 3 aromatic rings. The second-order valence-electron chi connectivity index (χ2n) is 6.22. The van der Waals surface area contributed by atoms with Gasteiger partial charge in [0.15, 0.2) is 5.76 Å². The number of nitrogens with two attached hydrogens (primary N) is 1. The molecule has 1 aliphatic rings. The first-order valence-corrected chi connectivity index (χ1v) is 8.60. The van der Waals surface area contributed by atoms with E-state index < -0.39 is 11.9 Å². The van der Waals surface area contributed by atoms with Gasteiger partial charge >= 0.3 is 0 Å². The monoisotopic (exact) mass is 383 g/mol. The second-order valence-corrected chi connectivity index (χ2v) is 6.66. The number of amides is 1. The predicted octanol–water partition coefficient (Wildman–Crippen LogP) is 3.25. The van der Waals surface area contributed by atoms with Gasteiger partial charge in [-0.2, -0.15) is 0 Å². The van der Waals surface area contributed by atoms with Crippen LogP contribution in [0.2, 0.25) is 5.02 Å². The van der Waals surface area contributed by atoms with Crippen molar-refractivity contribution in [3.8, 4) is 11.1 Å². The quantitative estimate of drug-likeness (QED) is 0.748. The molecular formula is C20H18ClN3O3. The van der Waals surface area contributed by atoms with Gasteiger partial charge in [0, 0.05) is 16.1 Å². The summed E-state index contributed by atoms with van der Waals surface area (Å²) in [4.78, 5) is 16.5. The Morgan fingerprint density at radius 3 is 2.48 bits per heavy atom. The predicted molar refractivity (Wildman–Crippen MR) is 104 cm³/mol. The molecule has 0 spiro atoms. The SMILES string of the molecule is Cc1noc2c1-c1ccccc1C(c1ccc(Cl)cc1)=N[C@H]2CC(N)=O.O. The van der Waals surface area contributed by atoms with Crippen molar-refractivity contribution in [3.63, 3.8) is 0 Å². The van der Waals surface area contributed by atoms with Crippen molar-refractivity contribution in [3.05, 3.63) is 76.1 Å². The largest absolute Gasteiger partial charge is 0.412 e. The molecular weight excluding hydrogens is 366 g/mol. The number of halogens is 1. The van der Waals surface area contributed by atoms with E-state index in [-0.39, 0.29) is 11.9 Å². The van der Waals surface area contributed by atoms with Crippen molar-refractivity contribution in [1.82, 2.24) is 5.16 Å². The van der Waals surface area contributed by atoms with Crippen LogP contribution >= 0.6 is 11.6 Å². The summed E-state index contributed by atoms with van der Waals surface area (Å²) in [6, 6.07) is 14.9. The van der Waals surface area contributed by atoms with E-state index in [0.29, 0.717) is 10.8 Å². The molecule has 6 nitrogen and oxygen atoms in total. The van der Waals surface area contributed by atoms with Crippen molar-refractivity contribution in [2.24, 2.45) is 10.7 Å². The standard InChI is InChI=1S/C20H16ClN3O2.H2O/c1-11-18-14-4-2-3-5-15(14)19(12-6-8-13(21)9-7-12)23-16(10-17(22)25)20(18)26-24-11;/h2-9,16H,10H2,1H3,(H2,22,25);1H2/t16-;/m0./s1. The first-order valence-electron chi connectivity index (χ1n) is 8.22. The van der Waals surface area contributed by atoms with Crippen molar-refractivity contribution >= 4 is 23.2 Å². The molecule has 1 aromatic heterocycles. The highest BCUT2D eigenvalue weighted by Crippen LogP contribution is 2.40. The van der Waals surface area contributed by atoms with Crippen LogP contribution in [0.1, 0.15) is 35.0 Å². The lowest BCUT2D eigenvalue weighted by Gasteiger charge is -2.11. The Hall–Kier alpha value is -2.96. The number of carbonyl (C=O) groups excluding carboxylic acids is 1. The molecule has 0 fully saturated rings. The Morgan fingerprint density at radius 2 is 1.81 bits per heavy atom. The number of rotatable bonds is 3. The van der Waals surface area contributed by atoms with Crippen LogP contribution < -0.4 is 5.73 Å². The van der Waals surface area contributed by atoms with Crippen molar-refractivity contribution in [2.75, 3.05) is 0 Å². The normalized spacial score (nSPS) is 15.0. The Labute approximate surface area is 161 Å². The summed E-state index contributed by atoms with van der Waals surface area (Å²) >= 11 is 6.03. The maximum atomic E-state index is 11.6. The third kappa shape index (κ3) is 3.37. The van der Waals surface area contributed by atoms with E-state index in [2.05, 4.69) is 5.16 Å². The fraction of sp³-hybridized carbons (Fsp3) is 0.150. The van der Waals surface area contributed by atoms with Gasteiger partial charge in [0.2, 0.25) is 5.91 Å². The number of fused-ring (bicyclic) bond motifs is 3. The minimum absolute atomic E-state index is 0. The zero-order valence-electron chi connectivity index (χ0n) is 14.6. The molecule has 2 aromatic carbocycles. The van der Waals surface area contributed by atoms with E-state index in [0.717, 1.165) is 33.7 Å². The van der Waals surface area contributed by atoms with E-state index in [4.69, 9.17) is 26.9 Å². The molecule has 0 bridgehead atoms. The van der Waals surface area contributed by atoms with Gasteiger partial charge in [-0.15, -0.1) is 0 Å². The summed E-state index contributed by atoms with van der Waals surface area (Å²) < 4.78 is 5.55. The number of benzene rings is 2. The van der Waals surface area contributed by atoms with E-state index >= 15 is 0 Å². The lowest BCUT2D eigenvalue weighted by Crippen LogP contribution is -2.15. The minimum Gasteiger partial charge on any atom is -0.412 e. The van der Waals surface area contributed by atoms with Crippen LogP contribution in [0, 0.1) is 6.92 Å². The van der Waals surface area contributed by atoms with Crippen LogP contribution in [0.5, 0.6) is 0 Å². The van der Waals surface area contributed by atoms with Crippen LogP contribution in [-0.4, -0.2) is 22.3 Å². The third-order valence-corrected chi connectivity index (χ3v) is 4.69. The molecule has 0 saturated carbocycles. The molecule has 7 heteroatoms. The molecule has 4 rings (SSSR count). The maximum Gasteiger partial charge on any atom is 0.220 e. The van der Waals surface area contributed by atoms with Crippen molar-refractivity contribution < 1.29 is 14.8 Å². The van der Waals surface area contributed by atoms with Crippen LogP contribution in [0.3, 0.4) is 0 Å². The molecule has 0 radical (unpaired) electrons. The van der Waals surface area contributed by atoms with E-state index in [1.807, 2.05) is 55.5 Å². The second kappa shape index (κ2) is 7.34. The first kappa shape index (κ1) is 18.8. The molecule has 2 heterocycles. The Bertz CT molecular complexity index is 1030. The first-order chi connectivity index (χ1) is 12.5. The van der Waals surface area contributed by atoms with Gasteiger partial charge in [-0.1, -0.05) is 53.2 Å². The molecule has 0 unspecified atom stereocenters. The number of hydrogen-bond donors (Lipinski definition) is 1. The van der Waals surface area contributed by atoms with E-state index in [1.165, 1.54) is 0 Å². The molecule has 1 aliphatic heterocycles. The Morgan fingerprint density at radius 1 is 1.15 bits per heavy atom. The summed E-state index contributed by atoms with van der Waals surface area (Å²) in [6.07, 6.45) is 0.0483. The molecule has 138 valence electrons. The van der Waals surface area contributed by atoms with Gasteiger partial charge in [-0.25, -0.2) is 0 Å². The molecule has 0 aliphatic carbocycles. The van der Waals surface area contributed by atoms with E-state index in [1.54, 1.807) is 0 Å². The van der Waals surface area contributed by atoms with Gasteiger partial charge < -0.3 is 15.7 Å². The number of nitrogens with zero attached hydrogens (tertiary/aromatic N) is 2. The summed E-state index contributed by atoms with van der Waals surface area (Å²) in [5.74, 6) is 0.123. The highest BCUT2D eigenvalue weighted by molar-refractivity contribution is 6.30. The van der Waals surface area contributed by atoms with Crippen molar-refractivity contribution in [2.45, 2.75) is 19.4 Å². The van der Waals surface area contributed by atoms with Gasteiger partial charge in [0.1, 0.15) is 6.04 Å². The number of aryl methyl sites for hydroxylation is 1. The number of primary amides is 1. The van der Waals surface area contributed by atoms with Gasteiger partial charge in [-0.05, 0) is 24.6 Å². The van der Waals surface area contributed by atoms with Crippen LogP contribution in [0.25, 0.3) is 11.1 Å². The van der Waals surface area contributed by atoms with Gasteiger partial charge in [-0.3, -0.25) is 9.79 Å². The summed E-state index contributed by atoms with van der Waals surface area (Å²) in [5, 5.41) is 4.74. The van der Waals surface area contributed by atoms with Crippen LogP contribution in [-0.2, 0) is 4.79 Å². The highest BCUT2D eigenvalue weighted by Gasteiger charge is 2.30. The summed E-state index contributed by atoms with van der Waals surface area (Å²) in [5.41, 5.74) is 10.7. The molecule has 0 saturated heterocycles. The minimum atomic E-state index is -0.526. The smallest absolute Gasteiger partial charge is 0.220 e. The number of carbonyl (C=O) groups is 1. The summed E-state index contributed by atoms with van der Waals surface area (Å²) in [6.45, 7) is 1.88. The average molecular weight is 384 g/mol. The fourth-order valence-electron chi connectivity index (χ4n) is 3.30. The Balaban J connectivity index is 0.00000210. The number of aromatic nitrogens is 1. The summed E-state index contributed by atoms with van der Waals surface area (Å²) in [7, 11) is 0. The van der Waals surface area contributed by atoms with Crippen molar-refractivity contribution in [1.29, 1.82) is 0 Å². The van der Waals surface area contributed by atoms with Crippen LogP contribution in [0.15, 0.2) is 58.0 Å². The van der Waals surface area contributed by atoms with Crippen LogP contribution in [0.4, 0.5) is 0 Å². The fourth-order valence-corrected chi connectivity index (χ4v) is 3.43.